The number of carboxylic acids is 1. The molecule has 0 saturated carbocycles. The summed E-state index contributed by atoms with van der Waals surface area (Å²) in [6.07, 6.45) is 1.26. The average Bonchev–Trinajstić information content (AvgIpc) is 3.07. The van der Waals surface area contributed by atoms with Crippen LogP contribution >= 0.6 is 0 Å². The van der Waals surface area contributed by atoms with Gasteiger partial charge in [-0.25, -0.2) is 14.3 Å². The number of hydrogen-bond acceptors (Lipinski definition) is 3. The molecule has 0 spiro atoms. The van der Waals surface area contributed by atoms with E-state index in [2.05, 4.69) is 10.1 Å². The fourth-order valence-electron chi connectivity index (χ4n) is 2.75. The van der Waals surface area contributed by atoms with Gasteiger partial charge >= 0.3 is 5.97 Å². The average molecular weight is 331 g/mol. The molecule has 4 rings (SSSR count). The first-order valence-corrected chi connectivity index (χ1v) is 7.64. The van der Waals surface area contributed by atoms with Crippen molar-refractivity contribution < 1.29 is 9.90 Å². The fraction of sp³-hybridized carbons (Fsp3) is 0. The van der Waals surface area contributed by atoms with E-state index < -0.39 is 5.97 Å². The van der Waals surface area contributed by atoms with Crippen molar-refractivity contribution in [3.8, 4) is 22.4 Å². The van der Waals surface area contributed by atoms with Crippen LogP contribution in [0, 0.1) is 0 Å². The van der Waals surface area contributed by atoms with E-state index in [-0.39, 0.29) is 16.8 Å². The van der Waals surface area contributed by atoms with E-state index in [0.717, 1.165) is 21.2 Å². The van der Waals surface area contributed by atoms with Crippen LogP contribution in [0.25, 0.3) is 28.0 Å². The van der Waals surface area contributed by atoms with Crippen molar-refractivity contribution in [1.82, 2.24) is 14.6 Å². The highest BCUT2D eigenvalue weighted by Crippen LogP contribution is 2.23. The van der Waals surface area contributed by atoms with Gasteiger partial charge in [-0.1, -0.05) is 54.6 Å². The number of aromatic amines is 1. The smallest absolute Gasteiger partial charge is 0.341 e. The zero-order valence-corrected chi connectivity index (χ0v) is 13.0. The zero-order chi connectivity index (χ0) is 17.4. The Labute approximate surface area is 142 Å². The summed E-state index contributed by atoms with van der Waals surface area (Å²) in [5.41, 5.74) is 3.02. The first kappa shape index (κ1) is 14.9. The third-order valence-electron chi connectivity index (χ3n) is 4.02. The third kappa shape index (κ3) is 2.59. The maximum absolute atomic E-state index is 12.2. The molecule has 0 amide bonds. The van der Waals surface area contributed by atoms with Gasteiger partial charge in [-0.2, -0.15) is 0 Å². The van der Waals surface area contributed by atoms with Crippen molar-refractivity contribution >= 4 is 11.6 Å². The van der Waals surface area contributed by atoms with Crippen molar-refractivity contribution in [2.75, 3.05) is 0 Å². The van der Waals surface area contributed by atoms with E-state index in [9.17, 15) is 14.7 Å². The van der Waals surface area contributed by atoms with E-state index in [1.807, 2.05) is 54.6 Å². The molecular weight excluding hydrogens is 318 g/mol. The quantitative estimate of drug-likeness (QED) is 0.604. The van der Waals surface area contributed by atoms with Crippen molar-refractivity contribution in [3.63, 3.8) is 0 Å². The Morgan fingerprint density at radius 3 is 2.28 bits per heavy atom. The fourth-order valence-corrected chi connectivity index (χ4v) is 2.75. The van der Waals surface area contributed by atoms with Crippen LogP contribution in [0.15, 0.2) is 71.7 Å². The highest BCUT2D eigenvalue weighted by molar-refractivity contribution is 5.94. The van der Waals surface area contributed by atoms with Crippen LogP contribution < -0.4 is 5.56 Å². The second-order valence-electron chi connectivity index (χ2n) is 5.57. The molecule has 0 aliphatic rings. The number of hydrogen-bond donors (Lipinski definition) is 2. The molecule has 0 radical (unpaired) electrons. The number of aromatic carboxylic acids is 1. The van der Waals surface area contributed by atoms with Crippen molar-refractivity contribution in [1.29, 1.82) is 0 Å². The van der Waals surface area contributed by atoms with Gasteiger partial charge in [-0.3, -0.25) is 9.89 Å². The van der Waals surface area contributed by atoms with Gasteiger partial charge in [-0.15, -0.1) is 0 Å². The Morgan fingerprint density at radius 1 is 0.960 bits per heavy atom. The van der Waals surface area contributed by atoms with Gasteiger partial charge in [0.25, 0.3) is 5.56 Å². The molecule has 122 valence electrons. The number of benzene rings is 2. The lowest BCUT2D eigenvalue weighted by Gasteiger charge is -2.05. The molecule has 2 aromatic carbocycles. The van der Waals surface area contributed by atoms with Gasteiger partial charge in [0.05, 0.1) is 5.69 Å². The lowest BCUT2D eigenvalue weighted by Crippen LogP contribution is -2.15. The van der Waals surface area contributed by atoms with E-state index >= 15 is 0 Å². The molecular formula is C19H13N3O3. The summed E-state index contributed by atoms with van der Waals surface area (Å²) in [5, 5.41) is 11.8. The standard InChI is InChI=1S/C19H13N3O3/c23-17-10-16(21-18-15(19(24)25)11-20-22(17)18)14-8-6-13(7-9-14)12-4-2-1-3-5-12/h1-11,20H,(H,24,25). The van der Waals surface area contributed by atoms with E-state index in [0.29, 0.717) is 5.69 Å². The van der Waals surface area contributed by atoms with Gasteiger partial charge in [-0.05, 0) is 11.1 Å². The maximum Gasteiger partial charge on any atom is 0.341 e. The molecule has 25 heavy (non-hydrogen) atoms. The number of nitrogens with one attached hydrogen (secondary N) is 1. The van der Waals surface area contributed by atoms with Crippen molar-refractivity contribution in [3.05, 3.63) is 82.8 Å². The van der Waals surface area contributed by atoms with Crippen molar-refractivity contribution in [2.45, 2.75) is 0 Å². The highest BCUT2D eigenvalue weighted by atomic mass is 16.4. The third-order valence-corrected chi connectivity index (χ3v) is 4.02. The second kappa shape index (κ2) is 5.76. The van der Waals surface area contributed by atoms with Crippen LogP contribution in [0.4, 0.5) is 0 Å². The summed E-state index contributed by atoms with van der Waals surface area (Å²) in [5.74, 6) is -1.14. The van der Waals surface area contributed by atoms with Crippen molar-refractivity contribution in [2.24, 2.45) is 0 Å². The summed E-state index contributed by atoms with van der Waals surface area (Å²) in [6.45, 7) is 0. The molecule has 2 N–H and O–H groups in total. The largest absolute Gasteiger partial charge is 0.477 e. The van der Waals surface area contributed by atoms with E-state index in [1.54, 1.807) is 0 Å². The Hall–Kier alpha value is -3.67. The Balaban J connectivity index is 1.80. The molecule has 6 nitrogen and oxygen atoms in total. The molecule has 0 bridgehead atoms. The molecule has 2 aromatic heterocycles. The number of aromatic nitrogens is 3. The van der Waals surface area contributed by atoms with Gasteiger partial charge in [0.15, 0.2) is 5.65 Å². The molecule has 0 unspecified atom stereocenters. The predicted molar refractivity (Wildman–Crippen MR) is 93.6 cm³/mol. The number of nitrogens with zero attached hydrogens (tertiary/aromatic N) is 2. The Kier molecular flexibility index (Phi) is 3.43. The minimum atomic E-state index is -1.14. The lowest BCUT2D eigenvalue weighted by atomic mass is 10.0. The number of H-pyrrole nitrogens is 1. The summed E-state index contributed by atoms with van der Waals surface area (Å²) >= 11 is 0. The summed E-state index contributed by atoms with van der Waals surface area (Å²) in [7, 11) is 0. The van der Waals surface area contributed by atoms with Crippen LogP contribution in [-0.2, 0) is 0 Å². The minimum Gasteiger partial charge on any atom is -0.477 e. The van der Waals surface area contributed by atoms with Gasteiger partial charge in [0.1, 0.15) is 5.56 Å². The number of fused-ring (bicyclic) bond motifs is 1. The number of carbonyl (C=O) groups is 1. The Morgan fingerprint density at radius 2 is 1.60 bits per heavy atom. The first-order chi connectivity index (χ1) is 12.1. The van der Waals surface area contributed by atoms with Gasteiger partial charge in [0, 0.05) is 17.8 Å². The van der Waals surface area contributed by atoms with E-state index in [4.69, 9.17) is 0 Å². The summed E-state index contributed by atoms with van der Waals surface area (Å²) < 4.78 is 1.12. The molecule has 0 saturated heterocycles. The van der Waals surface area contributed by atoms with Crippen LogP contribution in [-0.4, -0.2) is 25.7 Å². The first-order valence-electron chi connectivity index (χ1n) is 7.64. The minimum absolute atomic E-state index is 0.0418. The molecule has 0 fully saturated rings. The SMILES string of the molecule is O=C(O)c1c[nH]n2c(=O)cc(-c3ccc(-c4ccccc4)cc3)nc12. The van der Waals surface area contributed by atoms with Gasteiger partial charge in [0.2, 0.25) is 0 Å². The van der Waals surface area contributed by atoms with E-state index in [1.165, 1.54) is 12.3 Å². The summed E-state index contributed by atoms with van der Waals surface area (Å²) in [4.78, 5) is 27.8. The topological polar surface area (TPSA) is 87.5 Å². The zero-order valence-electron chi connectivity index (χ0n) is 13.0. The normalized spacial score (nSPS) is 10.9. The predicted octanol–water partition coefficient (Wildman–Crippen LogP) is 3.05. The number of rotatable bonds is 3. The lowest BCUT2D eigenvalue weighted by molar-refractivity contribution is 0.0699. The highest BCUT2D eigenvalue weighted by Gasteiger charge is 2.15. The number of carboxylic acid groups (broad SMARTS) is 1. The Bertz CT molecular complexity index is 1130. The van der Waals surface area contributed by atoms with Gasteiger partial charge < -0.3 is 5.11 Å². The summed E-state index contributed by atoms with van der Waals surface area (Å²) in [6, 6.07) is 19.0. The van der Waals surface area contributed by atoms with Crippen LogP contribution in [0.1, 0.15) is 10.4 Å². The van der Waals surface area contributed by atoms with Crippen LogP contribution in [0.5, 0.6) is 0 Å². The maximum atomic E-state index is 12.2. The molecule has 6 heteroatoms. The molecule has 2 heterocycles. The molecule has 4 aromatic rings. The molecule has 0 atom stereocenters. The molecule has 0 aliphatic carbocycles. The molecule has 0 aliphatic heterocycles. The van der Waals surface area contributed by atoms with Crippen LogP contribution in [0.3, 0.4) is 0 Å². The van der Waals surface area contributed by atoms with Crippen LogP contribution in [0.2, 0.25) is 0 Å². The second-order valence-corrected chi connectivity index (χ2v) is 5.57. The monoisotopic (exact) mass is 331 g/mol.